The zero-order valence-electron chi connectivity index (χ0n) is 16.5. The quantitative estimate of drug-likeness (QED) is 0.401. The highest BCUT2D eigenvalue weighted by Gasteiger charge is 2.19. The van der Waals surface area contributed by atoms with Gasteiger partial charge in [0.2, 0.25) is 0 Å². The molecule has 25 heavy (non-hydrogen) atoms. The van der Waals surface area contributed by atoms with Crippen molar-refractivity contribution in [2.45, 2.75) is 59.5 Å². The Hall–Kier alpha value is -0.820. The highest BCUT2D eigenvalue weighted by Crippen LogP contribution is 2.16. The van der Waals surface area contributed by atoms with E-state index in [4.69, 9.17) is 0 Å². The Morgan fingerprint density at radius 1 is 1.16 bits per heavy atom. The normalized spacial score (nSPS) is 16.4. The largest absolute Gasteiger partial charge is 0.354 e. The first-order valence-corrected chi connectivity index (χ1v) is 9.29. The first-order valence-electron chi connectivity index (χ1n) is 9.29. The summed E-state index contributed by atoms with van der Waals surface area (Å²) in [7, 11) is 1.86. The van der Waals surface area contributed by atoms with E-state index in [1.807, 2.05) is 7.05 Å². The lowest BCUT2D eigenvalue weighted by Gasteiger charge is -2.32. The molecule has 0 aliphatic carbocycles. The van der Waals surface area contributed by atoms with Crippen LogP contribution in [-0.2, 0) is 6.54 Å². The van der Waals surface area contributed by atoms with Gasteiger partial charge in [-0.3, -0.25) is 4.99 Å². The van der Waals surface area contributed by atoms with E-state index in [2.05, 4.69) is 60.4 Å². The molecule has 2 rings (SSSR count). The summed E-state index contributed by atoms with van der Waals surface area (Å²) in [5.74, 6) is 0.920. The van der Waals surface area contributed by atoms with Crippen LogP contribution in [0.3, 0.4) is 0 Å². The number of benzene rings is 1. The minimum Gasteiger partial charge on any atom is -0.354 e. The summed E-state index contributed by atoms with van der Waals surface area (Å²) >= 11 is 0. The van der Waals surface area contributed by atoms with Gasteiger partial charge in [0.15, 0.2) is 5.96 Å². The van der Waals surface area contributed by atoms with Crippen molar-refractivity contribution in [3.05, 3.63) is 34.4 Å². The number of rotatable bonds is 5. The Kier molecular flexibility index (Phi) is 9.79. The maximum Gasteiger partial charge on any atom is 0.191 e. The van der Waals surface area contributed by atoms with Crippen molar-refractivity contribution in [1.29, 1.82) is 0 Å². The second-order valence-corrected chi connectivity index (χ2v) is 7.06. The molecule has 0 aromatic heterocycles. The van der Waals surface area contributed by atoms with Gasteiger partial charge < -0.3 is 15.5 Å². The van der Waals surface area contributed by atoms with E-state index in [0.717, 1.165) is 12.5 Å². The SMILES string of the molecule is CCCN1CCC(NC(=NC)NCc2c(C)cc(C)cc2C)CC1.I. The van der Waals surface area contributed by atoms with Crippen molar-refractivity contribution in [3.8, 4) is 0 Å². The summed E-state index contributed by atoms with van der Waals surface area (Å²) < 4.78 is 0. The molecule has 0 atom stereocenters. The summed E-state index contributed by atoms with van der Waals surface area (Å²) in [4.78, 5) is 6.97. The van der Waals surface area contributed by atoms with Gasteiger partial charge in [-0.1, -0.05) is 24.6 Å². The molecule has 0 saturated carbocycles. The van der Waals surface area contributed by atoms with E-state index >= 15 is 0 Å². The Labute approximate surface area is 170 Å². The number of nitrogens with one attached hydrogen (secondary N) is 2. The first kappa shape index (κ1) is 22.2. The molecule has 5 heteroatoms. The van der Waals surface area contributed by atoms with Gasteiger partial charge in [-0.15, -0.1) is 24.0 Å². The number of hydrogen-bond acceptors (Lipinski definition) is 2. The average molecular weight is 458 g/mol. The molecule has 1 fully saturated rings. The smallest absolute Gasteiger partial charge is 0.191 e. The zero-order valence-corrected chi connectivity index (χ0v) is 18.8. The fourth-order valence-corrected chi connectivity index (χ4v) is 3.67. The summed E-state index contributed by atoms with van der Waals surface area (Å²) in [6, 6.07) is 5.04. The molecule has 0 radical (unpaired) electrons. The molecule has 0 amide bonds. The van der Waals surface area contributed by atoms with Gasteiger partial charge >= 0.3 is 0 Å². The van der Waals surface area contributed by atoms with Crippen molar-refractivity contribution in [3.63, 3.8) is 0 Å². The third kappa shape index (κ3) is 6.77. The van der Waals surface area contributed by atoms with E-state index in [1.54, 1.807) is 0 Å². The zero-order chi connectivity index (χ0) is 17.5. The van der Waals surface area contributed by atoms with Crippen LogP contribution in [0.5, 0.6) is 0 Å². The molecule has 142 valence electrons. The maximum atomic E-state index is 4.41. The summed E-state index contributed by atoms with van der Waals surface area (Å²) in [6.45, 7) is 13.2. The molecule has 2 N–H and O–H groups in total. The molecule has 0 bridgehead atoms. The van der Waals surface area contributed by atoms with Crippen molar-refractivity contribution in [1.82, 2.24) is 15.5 Å². The van der Waals surface area contributed by atoms with Crippen molar-refractivity contribution in [2.24, 2.45) is 4.99 Å². The van der Waals surface area contributed by atoms with Gasteiger partial charge in [0.05, 0.1) is 0 Å². The summed E-state index contributed by atoms with van der Waals surface area (Å²) in [5.41, 5.74) is 5.41. The van der Waals surface area contributed by atoms with E-state index < -0.39 is 0 Å². The van der Waals surface area contributed by atoms with Gasteiger partial charge in [0.1, 0.15) is 0 Å². The number of piperidine rings is 1. The third-order valence-electron chi connectivity index (χ3n) is 4.96. The molecule has 1 aromatic rings. The monoisotopic (exact) mass is 458 g/mol. The van der Waals surface area contributed by atoms with Crippen LogP contribution >= 0.6 is 24.0 Å². The third-order valence-corrected chi connectivity index (χ3v) is 4.96. The standard InChI is InChI=1S/C20H34N4.HI/c1-6-9-24-10-7-18(8-11-24)23-20(21-5)22-14-19-16(3)12-15(2)13-17(19)4;/h12-13,18H,6-11,14H2,1-5H3,(H2,21,22,23);1H. The molecule has 1 aliphatic rings. The van der Waals surface area contributed by atoms with Crippen LogP contribution in [0.1, 0.15) is 48.4 Å². The molecule has 1 aromatic carbocycles. The highest BCUT2D eigenvalue weighted by molar-refractivity contribution is 14.0. The van der Waals surface area contributed by atoms with E-state index in [9.17, 15) is 0 Å². The van der Waals surface area contributed by atoms with Crippen molar-refractivity contribution >= 4 is 29.9 Å². The second-order valence-electron chi connectivity index (χ2n) is 7.06. The fourth-order valence-electron chi connectivity index (χ4n) is 3.67. The predicted octanol–water partition coefficient (Wildman–Crippen LogP) is 3.77. The number of guanidine groups is 1. The lowest BCUT2D eigenvalue weighted by Crippen LogP contribution is -2.48. The Bertz CT molecular complexity index is 540. The number of hydrogen-bond donors (Lipinski definition) is 2. The minimum absolute atomic E-state index is 0. The molecule has 4 nitrogen and oxygen atoms in total. The van der Waals surface area contributed by atoms with E-state index in [1.165, 1.54) is 61.2 Å². The van der Waals surface area contributed by atoms with Crippen molar-refractivity contribution < 1.29 is 0 Å². The van der Waals surface area contributed by atoms with Crippen LogP contribution in [0.15, 0.2) is 17.1 Å². The van der Waals surface area contributed by atoms with Crippen LogP contribution in [-0.4, -0.2) is 43.6 Å². The van der Waals surface area contributed by atoms with Crippen LogP contribution in [0.2, 0.25) is 0 Å². The molecule has 1 aliphatic heterocycles. The topological polar surface area (TPSA) is 39.7 Å². The second kappa shape index (κ2) is 11.0. The lowest BCUT2D eigenvalue weighted by atomic mass is 10.00. The van der Waals surface area contributed by atoms with E-state index in [-0.39, 0.29) is 24.0 Å². The Morgan fingerprint density at radius 3 is 2.28 bits per heavy atom. The molecular formula is C20H35IN4. The molecule has 0 spiro atoms. The van der Waals surface area contributed by atoms with Gasteiger partial charge in [0.25, 0.3) is 0 Å². The van der Waals surface area contributed by atoms with Crippen LogP contribution < -0.4 is 10.6 Å². The number of halogens is 1. The number of aliphatic imine (C=N–C) groups is 1. The minimum atomic E-state index is 0. The molecule has 1 heterocycles. The van der Waals surface area contributed by atoms with E-state index in [0.29, 0.717) is 6.04 Å². The Morgan fingerprint density at radius 2 is 1.76 bits per heavy atom. The highest BCUT2D eigenvalue weighted by atomic mass is 127. The lowest BCUT2D eigenvalue weighted by molar-refractivity contribution is 0.206. The molecule has 1 saturated heterocycles. The number of likely N-dealkylation sites (tertiary alicyclic amines) is 1. The molecule has 0 unspecified atom stereocenters. The van der Waals surface area contributed by atoms with Gasteiger partial charge in [-0.2, -0.15) is 0 Å². The average Bonchev–Trinajstić information content (AvgIpc) is 2.54. The fraction of sp³-hybridized carbons (Fsp3) is 0.650. The van der Waals surface area contributed by atoms with Crippen molar-refractivity contribution in [2.75, 3.05) is 26.7 Å². The van der Waals surface area contributed by atoms with Crippen LogP contribution in [0.25, 0.3) is 0 Å². The van der Waals surface area contributed by atoms with Gasteiger partial charge in [-0.05, 0) is 63.3 Å². The van der Waals surface area contributed by atoms with Crippen LogP contribution in [0.4, 0.5) is 0 Å². The Balaban J connectivity index is 0.00000312. The number of nitrogens with zero attached hydrogens (tertiary/aromatic N) is 2. The first-order chi connectivity index (χ1) is 11.5. The number of aryl methyl sites for hydroxylation is 3. The van der Waals surface area contributed by atoms with Gasteiger partial charge in [-0.25, -0.2) is 0 Å². The van der Waals surface area contributed by atoms with Gasteiger partial charge in [0, 0.05) is 32.7 Å². The summed E-state index contributed by atoms with van der Waals surface area (Å²) in [5, 5.41) is 7.10. The maximum absolute atomic E-state index is 4.41. The van der Waals surface area contributed by atoms with Crippen LogP contribution in [0, 0.1) is 20.8 Å². The predicted molar refractivity (Wildman–Crippen MR) is 119 cm³/mol. The summed E-state index contributed by atoms with van der Waals surface area (Å²) in [6.07, 6.45) is 3.64. The molecular weight excluding hydrogens is 423 g/mol.